The molecule has 3 aromatic rings. The average Bonchev–Trinajstić information content (AvgIpc) is 3.39. The second kappa shape index (κ2) is 9.63. The van der Waals surface area contributed by atoms with Crippen LogP contribution in [0.5, 0.6) is 0 Å². The third kappa shape index (κ3) is 5.90. The van der Waals surface area contributed by atoms with Crippen LogP contribution in [-0.4, -0.2) is 16.9 Å². The molecule has 1 aromatic carbocycles. The molecule has 8 heteroatoms. The van der Waals surface area contributed by atoms with Crippen LogP contribution in [0.2, 0.25) is 0 Å². The molecule has 3 N–H and O–H groups in total. The summed E-state index contributed by atoms with van der Waals surface area (Å²) in [5.74, 6) is 0.151. The van der Waals surface area contributed by atoms with Crippen LogP contribution >= 0.6 is 23.6 Å². The van der Waals surface area contributed by atoms with E-state index in [1.54, 1.807) is 48.7 Å². The largest absolute Gasteiger partial charge is 0.467 e. The van der Waals surface area contributed by atoms with E-state index in [2.05, 4.69) is 16.0 Å². The van der Waals surface area contributed by atoms with Gasteiger partial charge >= 0.3 is 0 Å². The zero-order valence-electron chi connectivity index (χ0n) is 14.7. The van der Waals surface area contributed by atoms with E-state index in [1.807, 2.05) is 17.5 Å². The molecule has 0 aliphatic rings. The van der Waals surface area contributed by atoms with Gasteiger partial charge in [-0.05, 0) is 66.1 Å². The van der Waals surface area contributed by atoms with Crippen LogP contribution in [0.3, 0.4) is 0 Å². The second-order valence-corrected chi connectivity index (χ2v) is 7.02. The molecule has 0 radical (unpaired) electrons. The van der Waals surface area contributed by atoms with Gasteiger partial charge in [0.15, 0.2) is 5.11 Å². The van der Waals surface area contributed by atoms with Gasteiger partial charge in [0.05, 0.1) is 12.8 Å². The number of hydrogen-bond acceptors (Lipinski definition) is 5. The number of rotatable bonds is 6. The average molecular weight is 412 g/mol. The summed E-state index contributed by atoms with van der Waals surface area (Å²) in [7, 11) is 0. The molecule has 28 heavy (non-hydrogen) atoms. The minimum atomic E-state index is -0.320. The predicted molar refractivity (Wildman–Crippen MR) is 114 cm³/mol. The summed E-state index contributed by atoms with van der Waals surface area (Å²) in [6.07, 6.45) is 4.70. The van der Waals surface area contributed by atoms with Crippen molar-refractivity contribution in [1.82, 2.24) is 10.6 Å². The van der Waals surface area contributed by atoms with E-state index in [-0.39, 0.29) is 16.9 Å². The van der Waals surface area contributed by atoms with E-state index < -0.39 is 0 Å². The van der Waals surface area contributed by atoms with E-state index in [9.17, 15) is 9.59 Å². The Morgan fingerprint density at radius 1 is 1.11 bits per heavy atom. The Hall–Kier alpha value is -3.23. The van der Waals surface area contributed by atoms with Crippen molar-refractivity contribution in [3.63, 3.8) is 0 Å². The van der Waals surface area contributed by atoms with Crippen LogP contribution in [0.1, 0.15) is 21.0 Å². The summed E-state index contributed by atoms with van der Waals surface area (Å²) >= 11 is 6.67. The summed E-state index contributed by atoms with van der Waals surface area (Å²) in [6, 6.07) is 14.1. The fourth-order valence-corrected chi connectivity index (χ4v) is 3.08. The first kappa shape index (κ1) is 19.5. The van der Waals surface area contributed by atoms with Crippen molar-refractivity contribution >= 4 is 52.2 Å². The van der Waals surface area contributed by atoms with Gasteiger partial charge in [-0.3, -0.25) is 14.9 Å². The normalized spacial score (nSPS) is 10.6. The van der Waals surface area contributed by atoms with Crippen LogP contribution in [0.15, 0.2) is 70.7 Å². The van der Waals surface area contributed by atoms with Gasteiger partial charge in [0, 0.05) is 22.2 Å². The zero-order valence-corrected chi connectivity index (χ0v) is 16.3. The van der Waals surface area contributed by atoms with E-state index >= 15 is 0 Å². The fourth-order valence-electron chi connectivity index (χ4n) is 2.25. The van der Waals surface area contributed by atoms with Gasteiger partial charge in [0.1, 0.15) is 5.76 Å². The van der Waals surface area contributed by atoms with E-state index in [0.717, 1.165) is 4.88 Å². The molecule has 2 amide bonds. The van der Waals surface area contributed by atoms with Gasteiger partial charge in [-0.2, -0.15) is 0 Å². The van der Waals surface area contributed by atoms with Crippen molar-refractivity contribution < 1.29 is 14.0 Å². The molecule has 2 heterocycles. The minimum Gasteiger partial charge on any atom is -0.467 e. The van der Waals surface area contributed by atoms with Crippen molar-refractivity contribution in [3.05, 3.63) is 82.5 Å². The summed E-state index contributed by atoms with van der Waals surface area (Å²) in [5.41, 5.74) is 1.17. The monoisotopic (exact) mass is 411 g/mol. The Labute approximate surface area is 171 Å². The molecule has 6 nitrogen and oxygen atoms in total. The Kier molecular flexibility index (Phi) is 6.72. The first-order chi connectivity index (χ1) is 13.6. The van der Waals surface area contributed by atoms with Crippen LogP contribution in [-0.2, 0) is 11.3 Å². The van der Waals surface area contributed by atoms with Gasteiger partial charge in [0.25, 0.3) is 5.91 Å². The molecule has 0 aliphatic heterocycles. The molecule has 0 saturated carbocycles. The standard InChI is InChI=1S/C20H17N3O3S2/c24-18(10-9-17-4-2-12-28-17)23-20(27)22-15-7-5-14(6-8-15)19(25)21-13-16-3-1-11-26-16/h1-12H,13H2,(H,21,25)(H2,22,23,24,27)/b10-9+. The SMILES string of the molecule is O=C(/C=C/c1cccs1)NC(=S)Nc1ccc(C(=O)NCc2ccco2)cc1. The highest BCUT2D eigenvalue weighted by molar-refractivity contribution is 7.80. The molecule has 3 rings (SSSR count). The van der Waals surface area contributed by atoms with E-state index in [1.165, 1.54) is 17.4 Å². The van der Waals surface area contributed by atoms with Crippen LogP contribution in [0.25, 0.3) is 6.08 Å². The molecule has 0 spiro atoms. The molecule has 0 aliphatic carbocycles. The molecular weight excluding hydrogens is 394 g/mol. The van der Waals surface area contributed by atoms with Crippen molar-refractivity contribution in [3.8, 4) is 0 Å². The molecule has 0 fully saturated rings. The molecule has 0 bridgehead atoms. The Bertz CT molecular complexity index is 963. The molecule has 142 valence electrons. The fraction of sp³-hybridized carbons (Fsp3) is 0.0500. The maximum Gasteiger partial charge on any atom is 0.251 e. The highest BCUT2D eigenvalue weighted by Gasteiger charge is 2.07. The summed E-state index contributed by atoms with van der Waals surface area (Å²) in [6.45, 7) is 0.320. The van der Waals surface area contributed by atoms with Crippen molar-refractivity contribution in [2.45, 2.75) is 6.54 Å². The Balaban J connectivity index is 1.47. The number of benzene rings is 1. The van der Waals surface area contributed by atoms with Gasteiger partial charge in [-0.1, -0.05) is 6.07 Å². The summed E-state index contributed by atoms with van der Waals surface area (Å²) in [5, 5.41) is 10.4. The van der Waals surface area contributed by atoms with Crippen LogP contribution in [0.4, 0.5) is 5.69 Å². The molecular formula is C20H17N3O3S2. The highest BCUT2D eigenvalue weighted by atomic mass is 32.1. The molecule has 0 unspecified atom stereocenters. The van der Waals surface area contributed by atoms with E-state index in [4.69, 9.17) is 16.6 Å². The van der Waals surface area contributed by atoms with Gasteiger partial charge in [0.2, 0.25) is 5.91 Å². The number of hydrogen-bond donors (Lipinski definition) is 3. The molecule has 0 saturated heterocycles. The number of carbonyl (C=O) groups excluding carboxylic acids is 2. The Morgan fingerprint density at radius 3 is 2.61 bits per heavy atom. The predicted octanol–water partition coefficient (Wildman–Crippen LogP) is 3.80. The maximum atomic E-state index is 12.1. The van der Waals surface area contributed by atoms with Crippen LogP contribution < -0.4 is 16.0 Å². The minimum absolute atomic E-state index is 0.177. The Morgan fingerprint density at radius 2 is 1.93 bits per heavy atom. The quantitative estimate of drug-likeness (QED) is 0.425. The topological polar surface area (TPSA) is 83.4 Å². The number of amides is 2. The summed E-state index contributed by atoms with van der Waals surface area (Å²) < 4.78 is 5.17. The number of thiophene rings is 1. The van der Waals surface area contributed by atoms with Crippen molar-refractivity contribution in [1.29, 1.82) is 0 Å². The van der Waals surface area contributed by atoms with Crippen molar-refractivity contribution in [2.75, 3.05) is 5.32 Å². The molecule has 0 atom stereocenters. The maximum absolute atomic E-state index is 12.1. The first-order valence-corrected chi connectivity index (χ1v) is 9.63. The first-order valence-electron chi connectivity index (χ1n) is 8.34. The lowest BCUT2D eigenvalue weighted by molar-refractivity contribution is -0.115. The van der Waals surface area contributed by atoms with Crippen molar-refractivity contribution in [2.24, 2.45) is 0 Å². The van der Waals surface area contributed by atoms with Gasteiger partial charge < -0.3 is 15.1 Å². The lowest BCUT2D eigenvalue weighted by Gasteiger charge is -2.09. The summed E-state index contributed by atoms with van der Waals surface area (Å²) in [4.78, 5) is 25.0. The third-order valence-electron chi connectivity index (χ3n) is 3.59. The number of carbonyl (C=O) groups is 2. The lowest BCUT2D eigenvalue weighted by Crippen LogP contribution is -2.32. The smallest absolute Gasteiger partial charge is 0.251 e. The van der Waals surface area contributed by atoms with Gasteiger partial charge in [-0.15, -0.1) is 11.3 Å². The highest BCUT2D eigenvalue weighted by Crippen LogP contribution is 2.11. The lowest BCUT2D eigenvalue weighted by atomic mass is 10.2. The number of anilines is 1. The van der Waals surface area contributed by atoms with Gasteiger partial charge in [-0.25, -0.2) is 0 Å². The number of furan rings is 1. The van der Waals surface area contributed by atoms with E-state index in [0.29, 0.717) is 23.6 Å². The third-order valence-corrected chi connectivity index (χ3v) is 4.63. The molecule has 2 aromatic heterocycles. The zero-order chi connectivity index (χ0) is 19.8. The van der Waals surface area contributed by atoms with Crippen LogP contribution in [0, 0.1) is 0 Å². The number of thiocarbonyl (C=S) groups is 1. The number of nitrogens with one attached hydrogen (secondary N) is 3. The second-order valence-electron chi connectivity index (χ2n) is 5.63.